The van der Waals surface area contributed by atoms with E-state index in [0.717, 1.165) is 28.8 Å². The molecule has 0 spiro atoms. The lowest BCUT2D eigenvalue weighted by Gasteiger charge is -2.23. The van der Waals surface area contributed by atoms with Crippen molar-refractivity contribution in [3.8, 4) is 17.2 Å². The Kier molecular flexibility index (Phi) is 6.16. The number of nitriles is 1. The molecular formula is C23H24N4O4. The number of amides is 1. The number of nitrogens with one attached hydrogen (secondary N) is 2. The van der Waals surface area contributed by atoms with E-state index in [1.54, 1.807) is 13.1 Å². The molecule has 1 aromatic heterocycles. The van der Waals surface area contributed by atoms with Gasteiger partial charge in [-0.05, 0) is 28.8 Å². The molecule has 2 aromatic carbocycles. The highest BCUT2D eigenvalue weighted by Crippen LogP contribution is 2.24. The van der Waals surface area contributed by atoms with Gasteiger partial charge in [-0.2, -0.15) is 5.26 Å². The molecule has 160 valence electrons. The molecule has 2 atom stereocenters. The quantitative estimate of drug-likeness (QED) is 0.629. The van der Waals surface area contributed by atoms with Crippen LogP contribution in [0, 0.1) is 11.3 Å². The number of aryl methyl sites for hydroxylation is 1. The average molecular weight is 420 g/mol. The monoisotopic (exact) mass is 420 g/mol. The molecule has 8 heteroatoms. The maximum atomic E-state index is 12.3. The van der Waals surface area contributed by atoms with Gasteiger partial charge in [0.15, 0.2) is 5.58 Å². The van der Waals surface area contributed by atoms with Gasteiger partial charge in [0.25, 0.3) is 0 Å². The number of hydrogen-bond donors (Lipinski definition) is 2. The molecular weight excluding hydrogens is 396 g/mol. The maximum Gasteiger partial charge on any atom is 0.419 e. The predicted molar refractivity (Wildman–Crippen MR) is 115 cm³/mol. The molecule has 0 aliphatic carbocycles. The van der Waals surface area contributed by atoms with Gasteiger partial charge in [-0.25, -0.2) is 4.79 Å². The second kappa shape index (κ2) is 9.16. The molecule has 8 nitrogen and oxygen atoms in total. The summed E-state index contributed by atoms with van der Waals surface area (Å²) in [4.78, 5) is 23.9. The Balaban J connectivity index is 1.40. The van der Waals surface area contributed by atoms with Crippen LogP contribution in [0.25, 0.3) is 22.2 Å². The fraction of sp³-hybridized carbons (Fsp3) is 0.348. The summed E-state index contributed by atoms with van der Waals surface area (Å²) in [6, 6.07) is 15.0. The maximum absolute atomic E-state index is 12.3. The van der Waals surface area contributed by atoms with E-state index in [4.69, 9.17) is 9.15 Å². The second-order valence-corrected chi connectivity index (χ2v) is 7.69. The molecule has 31 heavy (non-hydrogen) atoms. The van der Waals surface area contributed by atoms with Crippen molar-refractivity contribution in [1.29, 1.82) is 5.26 Å². The zero-order chi connectivity index (χ0) is 21.8. The first kappa shape index (κ1) is 20.8. The molecule has 2 N–H and O–H groups in total. The number of rotatable bonds is 6. The van der Waals surface area contributed by atoms with E-state index in [9.17, 15) is 14.9 Å². The third kappa shape index (κ3) is 4.85. The number of aromatic nitrogens is 1. The molecule has 1 saturated heterocycles. The number of fused-ring (bicyclic) bond motifs is 1. The van der Waals surface area contributed by atoms with Crippen LogP contribution in [-0.2, 0) is 23.0 Å². The number of benzene rings is 2. The third-order valence-corrected chi connectivity index (χ3v) is 5.44. The number of oxazole rings is 1. The minimum Gasteiger partial charge on any atom is -0.408 e. The van der Waals surface area contributed by atoms with Gasteiger partial charge in [0.2, 0.25) is 5.91 Å². The molecule has 2 unspecified atom stereocenters. The van der Waals surface area contributed by atoms with E-state index in [1.165, 1.54) is 4.57 Å². The van der Waals surface area contributed by atoms with Gasteiger partial charge < -0.3 is 19.8 Å². The highest BCUT2D eigenvalue weighted by Gasteiger charge is 2.19. The Morgan fingerprint density at radius 2 is 2.06 bits per heavy atom. The number of morpholine rings is 1. The second-order valence-electron chi connectivity index (χ2n) is 7.69. The van der Waals surface area contributed by atoms with Crippen LogP contribution < -0.4 is 16.4 Å². The summed E-state index contributed by atoms with van der Waals surface area (Å²) in [6.45, 7) is 1.89. The van der Waals surface area contributed by atoms with Gasteiger partial charge in [0.1, 0.15) is 6.04 Å². The standard InChI is InChI=1S/C23H24N4O4/c1-27-20-11-17(6-7-21(20)31-23(27)29)16-4-2-15(3-5-16)10-18(13-24)26-22(28)12-19-14-30-9-8-25-19/h2-7,11,18-19,25H,8-10,12,14H2,1H3,(H,26,28). The number of ether oxygens (including phenoxy) is 1. The Bertz CT molecular complexity index is 1170. The van der Waals surface area contributed by atoms with E-state index in [2.05, 4.69) is 16.7 Å². The molecule has 1 fully saturated rings. The first-order valence-corrected chi connectivity index (χ1v) is 10.2. The highest BCUT2D eigenvalue weighted by atomic mass is 16.5. The molecule has 1 aliphatic heterocycles. The molecule has 3 aromatic rings. The zero-order valence-electron chi connectivity index (χ0n) is 17.3. The summed E-state index contributed by atoms with van der Waals surface area (Å²) in [7, 11) is 1.68. The summed E-state index contributed by atoms with van der Waals surface area (Å²) in [5.41, 5.74) is 4.18. The van der Waals surface area contributed by atoms with Gasteiger partial charge in [-0.15, -0.1) is 0 Å². The van der Waals surface area contributed by atoms with E-state index >= 15 is 0 Å². The van der Waals surface area contributed by atoms with Crippen molar-refractivity contribution >= 4 is 17.0 Å². The van der Waals surface area contributed by atoms with Crippen LogP contribution in [0.2, 0.25) is 0 Å². The Morgan fingerprint density at radius 1 is 1.29 bits per heavy atom. The Morgan fingerprint density at radius 3 is 2.77 bits per heavy atom. The summed E-state index contributed by atoms with van der Waals surface area (Å²) in [5.74, 6) is -0.552. The van der Waals surface area contributed by atoms with Crippen molar-refractivity contribution in [2.45, 2.75) is 24.9 Å². The molecule has 1 amide bonds. The van der Waals surface area contributed by atoms with E-state index in [1.807, 2.05) is 36.4 Å². The van der Waals surface area contributed by atoms with Gasteiger partial charge in [-0.1, -0.05) is 30.3 Å². The van der Waals surface area contributed by atoms with Crippen molar-refractivity contribution in [1.82, 2.24) is 15.2 Å². The van der Waals surface area contributed by atoms with Crippen LogP contribution in [0.15, 0.2) is 51.7 Å². The lowest BCUT2D eigenvalue weighted by molar-refractivity contribution is -0.122. The topological polar surface area (TPSA) is 109 Å². The van der Waals surface area contributed by atoms with Crippen molar-refractivity contribution < 1.29 is 13.9 Å². The average Bonchev–Trinajstić information content (AvgIpc) is 3.07. The lowest BCUT2D eigenvalue weighted by atomic mass is 10.0. The third-order valence-electron chi connectivity index (χ3n) is 5.44. The Labute approximate surface area is 179 Å². The van der Waals surface area contributed by atoms with E-state index in [0.29, 0.717) is 25.2 Å². The van der Waals surface area contributed by atoms with Crippen molar-refractivity contribution in [2.75, 3.05) is 19.8 Å². The number of hydrogen-bond acceptors (Lipinski definition) is 6. The van der Waals surface area contributed by atoms with Crippen molar-refractivity contribution in [3.63, 3.8) is 0 Å². The number of carbonyl (C=O) groups is 1. The SMILES string of the molecule is Cn1c(=O)oc2ccc(-c3ccc(CC(C#N)NC(=O)CC4COCCN4)cc3)cc21. The van der Waals surface area contributed by atoms with Gasteiger partial charge in [-0.3, -0.25) is 9.36 Å². The van der Waals surface area contributed by atoms with Gasteiger partial charge in [0.05, 0.1) is 24.8 Å². The molecule has 4 rings (SSSR count). The van der Waals surface area contributed by atoms with Gasteiger partial charge >= 0.3 is 5.76 Å². The molecule has 2 heterocycles. The highest BCUT2D eigenvalue weighted by molar-refractivity contribution is 5.80. The number of nitrogens with zero attached hydrogens (tertiary/aromatic N) is 2. The largest absolute Gasteiger partial charge is 0.419 e. The fourth-order valence-electron chi connectivity index (χ4n) is 3.73. The lowest BCUT2D eigenvalue weighted by Crippen LogP contribution is -2.45. The molecule has 0 radical (unpaired) electrons. The van der Waals surface area contributed by atoms with Gasteiger partial charge in [0, 0.05) is 32.5 Å². The van der Waals surface area contributed by atoms with Crippen molar-refractivity contribution in [2.24, 2.45) is 7.05 Å². The summed E-state index contributed by atoms with van der Waals surface area (Å²) < 4.78 is 12.0. The van der Waals surface area contributed by atoms with Crippen LogP contribution in [0.4, 0.5) is 0 Å². The summed E-state index contributed by atoms with van der Waals surface area (Å²) in [5, 5.41) is 15.5. The summed E-state index contributed by atoms with van der Waals surface area (Å²) >= 11 is 0. The van der Waals surface area contributed by atoms with Crippen LogP contribution in [-0.4, -0.2) is 42.3 Å². The van der Waals surface area contributed by atoms with Crippen molar-refractivity contribution in [3.05, 3.63) is 58.6 Å². The molecule has 0 bridgehead atoms. The molecule has 1 aliphatic rings. The van der Waals surface area contributed by atoms with Crippen LogP contribution in [0.5, 0.6) is 0 Å². The number of carbonyl (C=O) groups excluding carboxylic acids is 1. The first-order valence-electron chi connectivity index (χ1n) is 10.2. The van der Waals surface area contributed by atoms with Crippen LogP contribution >= 0.6 is 0 Å². The zero-order valence-corrected chi connectivity index (χ0v) is 17.3. The van der Waals surface area contributed by atoms with E-state index in [-0.39, 0.29) is 24.1 Å². The molecule has 0 saturated carbocycles. The normalized spacial score (nSPS) is 17.2. The van der Waals surface area contributed by atoms with Crippen LogP contribution in [0.1, 0.15) is 12.0 Å². The smallest absolute Gasteiger partial charge is 0.408 e. The Hall–Kier alpha value is -3.41. The minimum atomic E-state index is -0.598. The van der Waals surface area contributed by atoms with Crippen LogP contribution in [0.3, 0.4) is 0 Å². The van der Waals surface area contributed by atoms with E-state index < -0.39 is 6.04 Å². The fourth-order valence-corrected chi connectivity index (χ4v) is 3.73. The predicted octanol–water partition coefficient (Wildman–Crippen LogP) is 1.73. The summed E-state index contributed by atoms with van der Waals surface area (Å²) in [6.07, 6.45) is 0.711. The first-order chi connectivity index (χ1) is 15.0. The minimum absolute atomic E-state index is 0.0144.